The van der Waals surface area contributed by atoms with Gasteiger partial charge in [-0.1, -0.05) is 18.2 Å². The van der Waals surface area contributed by atoms with Gasteiger partial charge in [0.2, 0.25) is 10.0 Å². The summed E-state index contributed by atoms with van der Waals surface area (Å²) in [6.07, 6.45) is 2.03. The molecule has 1 aliphatic heterocycles. The van der Waals surface area contributed by atoms with Gasteiger partial charge in [-0.2, -0.15) is 0 Å². The van der Waals surface area contributed by atoms with Crippen LogP contribution in [0.4, 0.5) is 5.69 Å². The first-order chi connectivity index (χ1) is 13.3. The standard InChI is InChI=1S/C19H21N3O5S/c1-14-4-9-17(22(24)25)12-18(14)28(26,27)20-13-15-5-7-16(8-6-15)19(23)21-10-2-3-11-21/h4-9,12,20H,2-3,10-11,13H2,1H3. The molecule has 8 nitrogen and oxygen atoms in total. The fraction of sp³-hybridized carbons (Fsp3) is 0.316. The van der Waals surface area contributed by atoms with Crippen molar-refractivity contribution in [2.45, 2.75) is 31.2 Å². The number of carbonyl (C=O) groups excluding carboxylic acids is 1. The Morgan fingerprint density at radius 1 is 1.14 bits per heavy atom. The molecule has 2 aromatic carbocycles. The fourth-order valence-corrected chi connectivity index (χ4v) is 4.40. The zero-order chi connectivity index (χ0) is 20.3. The van der Waals surface area contributed by atoms with Gasteiger partial charge < -0.3 is 4.90 Å². The molecule has 0 unspecified atom stereocenters. The number of nitro benzene ring substituents is 1. The summed E-state index contributed by atoms with van der Waals surface area (Å²) < 4.78 is 27.6. The number of likely N-dealkylation sites (tertiary alicyclic amines) is 1. The monoisotopic (exact) mass is 403 g/mol. The van der Waals surface area contributed by atoms with Crippen molar-refractivity contribution in [1.82, 2.24) is 9.62 Å². The van der Waals surface area contributed by atoms with Gasteiger partial charge in [-0.25, -0.2) is 13.1 Å². The van der Waals surface area contributed by atoms with Crippen LogP contribution in [0.3, 0.4) is 0 Å². The Labute approximate surface area is 163 Å². The lowest BCUT2D eigenvalue weighted by Crippen LogP contribution is -2.27. The summed E-state index contributed by atoms with van der Waals surface area (Å²) in [4.78, 5) is 24.3. The second-order valence-corrected chi connectivity index (χ2v) is 8.46. The van der Waals surface area contributed by atoms with Crippen LogP contribution in [0.5, 0.6) is 0 Å². The van der Waals surface area contributed by atoms with E-state index in [1.165, 1.54) is 12.1 Å². The first-order valence-electron chi connectivity index (χ1n) is 8.91. The summed E-state index contributed by atoms with van der Waals surface area (Å²) in [5.41, 5.74) is 1.40. The first-order valence-corrected chi connectivity index (χ1v) is 10.4. The van der Waals surface area contributed by atoms with Crippen molar-refractivity contribution < 1.29 is 18.1 Å². The third-order valence-electron chi connectivity index (χ3n) is 4.73. The highest BCUT2D eigenvalue weighted by molar-refractivity contribution is 7.89. The maximum absolute atomic E-state index is 12.6. The predicted octanol–water partition coefficient (Wildman–Crippen LogP) is 2.62. The number of hydrogen-bond acceptors (Lipinski definition) is 5. The molecule has 0 saturated carbocycles. The average molecular weight is 403 g/mol. The molecule has 0 radical (unpaired) electrons. The number of amides is 1. The zero-order valence-electron chi connectivity index (χ0n) is 15.4. The molecule has 0 aromatic heterocycles. The molecule has 28 heavy (non-hydrogen) atoms. The van der Waals surface area contributed by atoms with Crippen LogP contribution in [-0.4, -0.2) is 37.2 Å². The number of aryl methyl sites for hydroxylation is 1. The van der Waals surface area contributed by atoms with E-state index in [2.05, 4.69) is 4.72 Å². The fourth-order valence-electron chi connectivity index (χ4n) is 3.12. The van der Waals surface area contributed by atoms with Gasteiger partial charge >= 0.3 is 0 Å². The van der Waals surface area contributed by atoms with Crippen LogP contribution in [0.15, 0.2) is 47.4 Å². The summed E-state index contributed by atoms with van der Waals surface area (Å²) in [6.45, 7) is 3.13. The number of non-ortho nitro benzene ring substituents is 1. The van der Waals surface area contributed by atoms with E-state index in [4.69, 9.17) is 0 Å². The number of hydrogen-bond donors (Lipinski definition) is 1. The highest BCUT2D eigenvalue weighted by atomic mass is 32.2. The molecular formula is C19H21N3O5S. The molecule has 3 rings (SSSR count). The van der Waals surface area contributed by atoms with Gasteiger partial charge in [0.1, 0.15) is 0 Å². The zero-order valence-corrected chi connectivity index (χ0v) is 16.2. The quantitative estimate of drug-likeness (QED) is 0.589. The Hall–Kier alpha value is -2.78. The molecule has 2 aromatic rings. The summed E-state index contributed by atoms with van der Waals surface area (Å²) in [7, 11) is -3.91. The number of rotatable bonds is 6. The van der Waals surface area contributed by atoms with E-state index in [1.807, 2.05) is 4.90 Å². The Morgan fingerprint density at radius 3 is 2.39 bits per heavy atom. The summed E-state index contributed by atoms with van der Waals surface area (Å²) in [5.74, 6) is -0.0168. The lowest BCUT2D eigenvalue weighted by Gasteiger charge is -2.15. The molecular weight excluding hydrogens is 382 g/mol. The summed E-state index contributed by atoms with van der Waals surface area (Å²) in [6, 6.07) is 10.5. The molecule has 9 heteroatoms. The van der Waals surface area contributed by atoms with Crippen LogP contribution in [0.1, 0.15) is 34.3 Å². The highest BCUT2D eigenvalue weighted by Gasteiger charge is 2.21. The van der Waals surface area contributed by atoms with Gasteiger partial charge in [0.15, 0.2) is 0 Å². The Bertz CT molecular complexity index is 997. The predicted molar refractivity (Wildman–Crippen MR) is 103 cm³/mol. The van der Waals surface area contributed by atoms with Crippen molar-refractivity contribution in [2.75, 3.05) is 13.1 Å². The molecule has 1 amide bonds. The van der Waals surface area contributed by atoms with E-state index < -0.39 is 14.9 Å². The number of nitro groups is 1. The van der Waals surface area contributed by atoms with Crippen LogP contribution in [0, 0.1) is 17.0 Å². The second-order valence-electron chi connectivity index (χ2n) is 6.73. The van der Waals surface area contributed by atoms with Gasteiger partial charge in [-0.15, -0.1) is 0 Å². The Balaban J connectivity index is 1.70. The number of sulfonamides is 1. The maximum atomic E-state index is 12.6. The van der Waals surface area contributed by atoms with Gasteiger partial charge in [0.25, 0.3) is 11.6 Å². The third-order valence-corrected chi connectivity index (χ3v) is 6.28. The van der Waals surface area contributed by atoms with Gasteiger partial charge in [-0.05, 0) is 43.0 Å². The molecule has 0 atom stereocenters. The lowest BCUT2D eigenvalue weighted by molar-refractivity contribution is -0.385. The average Bonchev–Trinajstić information content (AvgIpc) is 3.21. The van der Waals surface area contributed by atoms with Crippen molar-refractivity contribution in [3.8, 4) is 0 Å². The van der Waals surface area contributed by atoms with E-state index in [0.29, 0.717) is 16.7 Å². The minimum absolute atomic E-state index is 0.0165. The van der Waals surface area contributed by atoms with E-state index in [-0.39, 0.29) is 23.0 Å². The topological polar surface area (TPSA) is 110 Å². The van der Waals surface area contributed by atoms with Gasteiger partial charge in [-0.3, -0.25) is 14.9 Å². The summed E-state index contributed by atoms with van der Waals surface area (Å²) in [5, 5.41) is 10.9. The molecule has 1 saturated heterocycles. The van der Waals surface area contributed by atoms with E-state index in [0.717, 1.165) is 32.0 Å². The van der Waals surface area contributed by atoms with Gasteiger partial charge in [0.05, 0.1) is 9.82 Å². The van der Waals surface area contributed by atoms with Crippen LogP contribution in [0.2, 0.25) is 0 Å². The van der Waals surface area contributed by atoms with E-state index in [9.17, 15) is 23.3 Å². The van der Waals surface area contributed by atoms with Crippen LogP contribution in [0.25, 0.3) is 0 Å². The molecule has 148 valence electrons. The molecule has 0 aliphatic carbocycles. The van der Waals surface area contributed by atoms with Crippen LogP contribution in [-0.2, 0) is 16.6 Å². The van der Waals surface area contributed by atoms with Crippen LogP contribution >= 0.6 is 0 Å². The third kappa shape index (κ3) is 4.37. The molecule has 1 N–H and O–H groups in total. The molecule has 0 bridgehead atoms. The molecule has 1 aliphatic rings. The highest BCUT2D eigenvalue weighted by Crippen LogP contribution is 2.22. The Kier molecular flexibility index (Phi) is 5.76. The number of benzene rings is 2. The van der Waals surface area contributed by atoms with Crippen LogP contribution < -0.4 is 4.72 Å². The van der Waals surface area contributed by atoms with E-state index in [1.54, 1.807) is 31.2 Å². The first kappa shape index (κ1) is 20.0. The minimum Gasteiger partial charge on any atom is -0.339 e. The number of nitrogens with zero attached hydrogens (tertiary/aromatic N) is 2. The normalized spacial score (nSPS) is 14.2. The molecule has 1 heterocycles. The Morgan fingerprint density at radius 2 is 1.79 bits per heavy atom. The minimum atomic E-state index is -3.91. The van der Waals surface area contributed by atoms with Crippen molar-refractivity contribution in [3.63, 3.8) is 0 Å². The van der Waals surface area contributed by atoms with Crippen molar-refractivity contribution in [1.29, 1.82) is 0 Å². The smallest absolute Gasteiger partial charge is 0.270 e. The number of carbonyl (C=O) groups is 1. The van der Waals surface area contributed by atoms with Crippen molar-refractivity contribution in [2.24, 2.45) is 0 Å². The second kappa shape index (κ2) is 8.07. The number of nitrogens with one attached hydrogen (secondary N) is 1. The largest absolute Gasteiger partial charge is 0.339 e. The molecule has 1 fully saturated rings. The maximum Gasteiger partial charge on any atom is 0.270 e. The lowest BCUT2D eigenvalue weighted by atomic mass is 10.1. The SMILES string of the molecule is Cc1ccc([N+](=O)[O-])cc1S(=O)(=O)NCc1ccc(C(=O)N2CCCC2)cc1. The van der Waals surface area contributed by atoms with E-state index >= 15 is 0 Å². The molecule has 0 spiro atoms. The van der Waals surface area contributed by atoms with Crippen molar-refractivity contribution >= 4 is 21.6 Å². The summed E-state index contributed by atoms with van der Waals surface area (Å²) >= 11 is 0. The van der Waals surface area contributed by atoms with Crippen molar-refractivity contribution in [3.05, 3.63) is 69.3 Å². The van der Waals surface area contributed by atoms with Gasteiger partial charge in [0, 0.05) is 37.3 Å².